The molecule has 0 bridgehead atoms. The maximum absolute atomic E-state index is 12.8. The summed E-state index contributed by atoms with van der Waals surface area (Å²) in [6.45, 7) is 2.39. The summed E-state index contributed by atoms with van der Waals surface area (Å²) in [5, 5.41) is 2.05. The number of imidazole rings is 1. The summed E-state index contributed by atoms with van der Waals surface area (Å²) in [5.74, 6) is 1.85. The van der Waals surface area contributed by atoms with Crippen LogP contribution in [0.2, 0.25) is 0 Å². The summed E-state index contributed by atoms with van der Waals surface area (Å²) < 4.78 is 2.05. The molecule has 3 rings (SSSR count). The fourth-order valence-corrected chi connectivity index (χ4v) is 4.03. The van der Waals surface area contributed by atoms with E-state index in [4.69, 9.17) is 0 Å². The van der Waals surface area contributed by atoms with E-state index in [1.807, 2.05) is 52.2 Å². The number of hydrogen-bond donors (Lipinski definition) is 0. The van der Waals surface area contributed by atoms with Crippen LogP contribution in [-0.4, -0.2) is 33.7 Å². The lowest BCUT2D eigenvalue weighted by molar-refractivity contribution is -0.132. The van der Waals surface area contributed by atoms with E-state index in [2.05, 4.69) is 24.2 Å². The van der Waals surface area contributed by atoms with Crippen LogP contribution in [0.1, 0.15) is 23.7 Å². The highest BCUT2D eigenvalue weighted by Crippen LogP contribution is 2.24. The summed E-state index contributed by atoms with van der Waals surface area (Å²) >= 11 is 3.40. The van der Waals surface area contributed by atoms with Crippen molar-refractivity contribution in [1.82, 2.24) is 14.5 Å². The monoisotopic (exact) mass is 359 g/mol. The molecule has 0 saturated carbocycles. The zero-order valence-corrected chi connectivity index (χ0v) is 15.7. The van der Waals surface area contributed by atoms with E-state index in [1.165, 1.54) is 4.88 Å². The molecule has 1 amide bonds. The minimum atomic E-state index is 0.0799. The smallest absolute Gasteiger partial charge is 0.242 e. The third-order valence-electron chi connectivity index (χ3n) is 4.23. The molecule has 1 atom stereocenters. The molecule has 2 aromatic heterocycles. The van der Waals surface area contributed by atoms with Crippen molar-refractivity contribution in [2.75, 3.05) is 13.3 Å². The molecule has 0 spiro atoms. The minimum Gasteiger partial charge on any atom is -0.337 e. The van der Waals surface area contributed by atoms with Gasteiger partial charge in [-0.1, -0.05) is 18.2 Å². The molecule has 4 nitrogen and oxygen atoms in total. The standard InChI is InChI=1S/C18H21N3OS2/c1-13(16-9-6-10-24-16)20(2)18(22)11-21-15-8-5-4-7-14(15)19-17(21)12-23-3/h4-10,13H,11-12H2,1-3H3/t13-/m0/s1. The maximum atomic E-state index is 12.8. The number of rotatable bonds is 6. The average Bonchev–Trinajstić information content (AvgIpc) is 3.23. The number of hydrogen-bond acceptors (Lipinski definition) is 4. The van der Waals surface area contributed by atoms with E-state index in [1.54, 1.807) is 23.1 Å². The second-order valence-corrected chi connectivity index (χ2v) is 7.58. The predicted octanol–water partition coefficient (Wildman–Crippen LogP) is 4.18. The highest BCUT2D eigenvalue weighted by Gasteiger charge is 2.20. The molecule has 1 aromatic carbocycles. The molecule has 24 heavy (non-hydrogen) atoms. The van der Waals surface area contributed by atoms with Gasteiger partial charge in [0.25, 0.3) is 0 Å². The summed E-state index contributed by atoms with van der Waals surface area (Å²) in [6.07, 6.45) is 2.05. The van der Waals surface area contributed by atoms with Crippen molar-refractivity contribution >= 4 is 40.0 Å². The first-order chi connectivity index (χ1) is 11.6. The molecule has 0 aliphatic rings. The van der Waals surface area contributed by atoms with E-state index < -0.39 is 0 Å². The van der Waals surface area contributed by atoms with Crippen molar-refractivity contribution in [2.45, 2.75) is 25.3 Å². The Morgan fingerprint density at radius 2 is 2.12 bits per heavy atom. The van der Waals surface area contributed by atoms with Crippen LogP contribution in [0.25, 0.3) is 11.0 Å². The van der Waals surface area contributed by atoms with E-state index in [9.17, 15) is 4.79 Å². The molecular formula is C18H21N3OS2. The number of nitrogens with zero attached hydrogens (tertiary/aromatic N) is 3. The lowest BCUT2D eigenvalue weighted by Gasteiger charge is -2.24. The lowest BCUT2D eigenvalue weighted by Crippen LogP contribution is -2.32. The normalized spacial score (nSPS) is 12.5. The Balaban J connectivity index is 1.85. The largest absolute Gasteiger partial charge is 0.337 e. The van der Waals surface area contributed by atoms with Crippen LogP contribution in [0.4, 0.5) is 0 Å². The van der Waals surface area contributed by atoms with Crippen molar-refractivity contribution in [1.29, 1.82) is 0 Å². The van der Waals surface area contributed by atoms with Gasteiger partial charge >= 0.3 is 0 Å². The fraction of sp³-hybridized carbons (Fsp3) is 0.333. The van der Waals surface area contributed by atoms with Gasteiger partial charge in [-0.15, -0.1) is 11.3 Å². The highest BCUT2D eigenvalue weighted by atomic mass is 32.2. The molecule has 126 valence electrons. The number of benzene rings is 1. The SMILES string of the molecule is CSCc1nc2ccccc2n1CC(=O)N(C)[C@@H](C)c1cccs1. The number of thioether (sulfide) groups is 1. The van der Waals surface area contributed by atoms with Crippen molar-refractivity contribution < 1.29 is 4.79 Å². The Morgan fingerprint density at radius 3 is 2.83 bits per heavy atom. The lowest BCUT2D eigenvalue weighted by atomic mass is 10.2. The summed E-state index contributed by atoms with van der Waals surface area (Å²) in [4.78, 5) is 20.5. The van der Waals surface area contributed by atoms with Gasteiger partial charge in [0.15, 0.2) is 0 Å². The van der Waals surface area contributed by atoms with Gasteiger partial charge in [-0.05, 0) is 36.8 Å². The van der Waals surface area contributed by atoms with Crippen LogP contribution in [0.3, 0.4) is 0 Å². The van der Waals surface area contributed by atoms with Gasteiger partial charge in [0.2, 0.25) is 5.91 Å². The van der Waals surface area contributed by atoms with Crippen molar-refractivity contribution in [2.24, 2.45) is 0 Å². The van der Waals surface area contributed by atoms with E-state index in [0.717, 1.165) is 22.6 Å². The number of carbonyl (C=O) groups excluding carboxylic acids is 1. The molecule has 0 fully saturated rings. The Morgan fingerprint density at radius 1 is 1.33 bits per heavy atom. The van der Waals surface area contributed by atoms with Gasteiger partial charge in [0, 0.05) is 11.9 Å². The third-order valence-corrected chi connectivity index (χ3v) is 5.82. The van der Waals surface area contributed by atoms with Crippen LogP contribution in [0.5, 0.6) is 0 Å². The van der Waals surface area contributed by atoms with Gasteiger partial charge in [-0.3, -0.25) is 4.79 Å². The Kier molecular flexibility index (Phi) is 5.26. The first-order valence-electron chi connectivity index (χ1n) is 7.84. The van der Waals surface area contributed by atoms with Crippen LogP contribution in [-0.2, 0) is 17.1 Å². The van der Waals surface area contributed by atoms with Gasteiger partial charge < -0.3 is 9.47 Å². The number of likely N-dealkylation sites (N-methyl/N-ethyl adjacent to an activating group) is 1. The second-order valence-electron chi connectivity index (χ2n) is 5.73. The molecular weight excluding hydrogens is 338 g/mol. The second kappa shape index (κ2) is 7.40. The maximum Gasteiger partial charge on any atom is 0.242 e. The van der Waals surface area contributed by atoms with Crippen LogP contribution in [0, 0.1) is 0 Å². The quantitative estimate of drug-likeness (QED) is 0.663. The topological polar surface area (TPSA) is 38.1 Å². The summed E-state index contributed by atoms with van der Waals surface area (Å²) in [5.41, 5.74) is 1.97. The Hall–Kier alpha value is -1.79. The molecule has 2 heterocycles. The Bertz CT molecular complexity index is 826. The highest BCUT2D eigenvalue weighted by molar-refractivity contribution is 7.97. The molecule has 0 saturated heterocycles. The molecule has 6 heteroatoms. The Labute approximate surface area is 150 Å². The number of aromatic nitrogens is 2. The number of amides is 1. The molecule has 0 radical (unpaired) electrons. The molecule has 3 aromatic rings. The number of carbonyl (C=O) groups is 1. The first kappa shape index (κ1) is 17.0. The summed E-state index contributed by atoms with van der Waals surface area (Å²) in [7, 11) is 1.88. The van der Waals surface area contributed by atoms with Crippen molar-refractivity contribution in [3.8, 4) is 0 Å². The zero-order valence-electron chi connectivity index (χ0n) is 14.1. The van der Waals surface area contributed by atoms with Crippen LogP contribution in [0.15, 0.2) is 41.8 Å². The minimum absolute atomic E-state index is 0.0799. The van der Waals surface area contributed by atoms with Crippen LogP contribution >= 0.6 is 23.1 Å². The molecule has 0 aliphatic heterocycles. The first-order valence-corrected chi connectivity index (χ1v) is 10.1. The van der Waals surface area contributed by atoms with Crippen molar-refractivity contribution in [3.05, 3.63) is 52.5 Å². The summed E-state index contributed by atoms with van der Waals surface area (Å²) in [6, 6.07) is 12.2. The predicted molar refractivity (Wildman–Crippen MR) is 102 cm³/mol. The van der Waals surface area contributed by atoms with Gasteiger partial charge in [-0.2, -0.15) is 11.8 Å². The van der Waals surface area contributed by atoms with Gasteiger partial charge in [-0.25, -0.2) is 4.98 Å². The molecule has 0 N–H and O–H groups in total. The number of thiophene rings is 1. The zero-order chi connectivity index (χ0) is 17.1. The third kappa shape index (κ3) is 3.35. The van der Waals surface area contributed by atoms with Crippen molar-refractivity contribution in [3.63, 3.8) is 0 Å². The molecule has 0 unspecified atom stereocenters. The van der Waals surface area contributed by atoms with Crippen LogP contribution < -0.4 is 0 Å². The number of para-hydroxylation sites is 2. The average molecular weight is 360 g/mol. The van der Waals surface area contributed by atoms with E-state index >= 15 is 0 Å². The van der Waals surface area contributed by atoms with E-state index in [0.29, 0.717) is 6.54 Å². The molecule has 0 aliphatic carbocycles. The van der Waals surface area contributed by atoms with E-state index in [-0.39, 0.29) is 11.9 Å². The number of fused-ring (bicyclic) bond motifs is 1. The van der Waals surface area contributed by atoms with Gasteiger partial charge in [0.05, 0.1) is 22.8 Å². The fourth-order valence-electron chi connectivity index (χ4n) is 2.72. The van der Waals surface area contributed by atoms with Gasteiger partial charge in [0.1, 0.15) is 12.4 Å².